The molecule has 0 radical (unpaired) electrons. The fourth-order valence-electron chi connectivity index (χ4n) is 5.54. The SMILES string of the molecule is CC#CC[C@@H](C)[C@H](O)/C=C/[C@@H]1[C@H]2c3cccc(CCCC(=O)N4CCCC4)c3O[C@H]2C[C@H]1O. The van der Waals surface area contributed by atoms with Gasteiger partial charge in [-0.15, -0.1) is 11.8 Å². The van der Waals surface area contributed by atoms with Crippen molar-refractivity contribution in [1.29, 1.82) is 0 Å². The maximum Gasteiger partial charge on any atom is 0.222 e. The van der Waals surface area contributed by atoms with Crippen molar-refractivity contribution in [2.24, 2.45) is 11.8 Å². The minimum atomic E-state index is -0.585. The van der Waals surface area contributed by atoms with Gasteiger partial charge in [0.25, 0.3) is 0 Å². The van der Waals surface area contributed by atoms with Crippen molar-refractivity contribution in [2.45, 2.75) is 83.0 Å². The number of aliphatic hydroxyl groups is 2. The summed E-state index contributed by atoms with van der Waals surface area (Å²) in [6, 6.07) is 6.27. The van der Waals surface area contributed by atoms with Gasteiger partial charge in [0.1, 0.15) is 11.9 Å². The molecule has 0 bridgehead atoms. The molecule has 2 N–H and O–H groups in total. The lowest BCUT2D eigenvalue weighted by Gasteiger charge is -2.19. The Labute approximate surface area is 197 Å². The van der Waals surface area contributed by atoms with Gasteiger partial charge in [-0.05, 0) is 44.1 Å². The van der Waals surface area contributed by atoms with Crippen LogP contribution < -0.4 is 4.74 Å². The molecular weight excluding hydrogens is 414 g/mol. The molecule has 2 aliphatic heterocycles. The molecular formula is C28H37NO4. The van der Waals surface area contributed by atoms with E-state index in [0.29, 0.717) is 19.3 Å². The number of rotatable bonds is 8. The van der Waals surface area contributed by atoms with Gasteiger partial charge >= 0.3 is 0 Å². The van der Waals surface area contributed by atoms with E-state index in [-0.39, 0.29) is 29.8 Å². The minimum Gasteiger partial charge on any atom is -0.489 e. The normalized spacial score (nSPS) is 27.6. The Hall–Kier alpha value is -2.29. The third kappa shape index (κ3) is 5.28. The van der Waals surface area contributed by atoms with Crippen LogP contribution in [0.25, 0.3) is 0 Å². The van der Waals surface area contributed by atoms with Crippen LogP contribution in [-0.4, -0.2) is 52.4 Å². The fourth-order valence-corrected chi connectivity index (χ4v) is 5.54. The maximum atomic E-state index is 12.4. The second kappa shape index (κ2) is 10.8. The highest BCUT2D eigenvalue weighted by Crippen LogP contribution is 2.52. The molecule has 0 unspecified atom stereocenters. The largest absolute Gasteiger partial charge is 0.489 e. The molecule has 1 saturated heterocycles. The Balaban J connectivity index is 1.41. The number of ether oxygens (including phenoxy) is 1. The van der Waals surface area contributed by atoms with Gasteiger partial charge in [-0.3, -0.25) is 4.79 Å². The molecule has 5 heteroatoms. The predicted molar refractivity (Wildman–Crippen MR) is 129 cm³/mol. The van der Waals surface area contributed by atoms with Crippen LogP contribution in [0.2, 0.25) is 0 Å². The van der Waals surface area contributed by atoms with Crippen LogP contribution >= 0.6 is 0 Å². The number of aliphatic hydroxyl groups excluding tert-OH is 2. The first-order valence-electron chi connectivity index (χ1n) is 12.5. The van der Waals surface area contributed by atoms with E-state index >= 15 is 0 Å². The predicted octanol–water partition coefficient (Wildman–Crippen LogP) is 3.82. The number of nitrogens with zero attached hydrogens (tertiary/aromatic N) is 1. The first-order valence-corrected chi connectivity index (χ1v) is 12.5. The molecule has 178 valence electrons. The van der Waals surface area contributed by atoms with Crippen molar-refractivity contribution < 1.29 is 19.7 Å². The van der Waals surface area contributed by atoms with Crippen LogP contribution in [0.4, 0.5) is 0 Å². The molecule has 33 heavy (non-hydrogen) atoms. The zero-order chi connectivity index (χ0) is 23.4. The average Bonchev–Trinajstić information content (AvgIpc) is 3.52. The maximum absolute atomic E-state index is 12.4. The number of aryl methyl sites for hydroxylation is 1. The van der Waals surface area contributed by atoms with E-state index in [1.807, 2.05) is 24.0 Å². The highest BCUT2D eigenvalue weighted by molar-refractivity contribution is 5.76. The number of para-hydroxylation sites is 1. The number of benzene rings is 1. The van der Waals surface area contributed by atoms with Crippen LogP contribution in [0, 0.1) is 23.7 Å². The Morgan fingerprint density at radius 1 is 1.33 bits per heavy atom. The van der Waals surface area contributed by atoms with Crippen LogP contribution in [0.5, 0.6) is 5.75 Å². The van der Waals surface area contributed by atoms with Crippen molar-refractivity contribution >= 4 is 5.91 Å². The summed E-state index contributed by atoms with van der Waals surface area (Å²) in [6.07, 6.45) is 8.41. The molecule has 1 aromatic rings. The third-order valence-electron chi connectivity index (χ3n) is 7.50. The Bertz CT molecular complexity index is 924. The van der Waals surface area contributed by atoms with Gasteiger partial charge in [0.05, 0.1) is 12.2 Å². The fraction of sp³-hybridized carbons (Fsp3) is 0.607. The lowest BCUT2D eigenvalue weighted by atomic mass is 9.86. The second-order valence-corrected chi connectivity index (χ2v) is 9.82. The molecule has 2 heterocycles. The number of fused-ring (bicyclic) bond motifs is 3. The Morgan fingerprint density at radius 3 is 2.88 bits per heavy atom. The van der Waals surface area contributed by atoms with E-state index in [1.54, 1.807) is 6.92 Å². The lowest BCUT2D eigenvalue weighted by Crippen LogP contribution is -2.27. The number of hydrogen-bond acceptors (Lipinski definition) is 4. The van der Waals surface area contributed by atoms with Gasteiger partial charge in [0.2, 0.25) is 5.91 Å². The van der Waals surface area contributed by atoms with Gasteiger partial charge in [-0.2, -0.15) is 0 Å². The molecule has 4 rings (SSSR count). The molecule has 3 aliphatic rings. The molecule has 1 aromatic carbocycles. The van der Waals surface area contributed by atoms with Crippen molar-refractivity contribution in [2.75, 3.05) is 13.1 Å². The number of carbonyl (C=O) groups is 1. The van der Waals surface area contributed by atoms with E-state index in [9.17, 15) is 15.0 Å². The van der Waals surface area contributed by atoms with Crippen molar-refractivity contribution in [3.63, 3.8) is 0 Å². The van der Waals surface area contributed by atoms with Gasteiger partial charge in [-0.1, -0.05) is 37.3 Å². The number of amides is 1. The molecule has 1 aliphatic carbocycles. The summed E-state index contributed by atoms with van der Waals surface area (Å²) >= 11 is 0. The number of carbonyl (C=O) groups excluding carboxylic acids is 1. The highest BCUT2D eigenvalue weighted by Gasteiger charge is 2.48. The van der Waals surface area contributed by atoms with E-state index in [0.717, 1.165) is 55.6 Å². The van der Waals surface area contributed by atoms with Gasteiger partial charge in [-0.25, -0.2) is 0 Å². The van der Waals surface area contributed by atoms with Gasteiger partial charge in [0.15, 0.2) is 0 Å². The molecule has 0 spiro atoms. The standard InChI is InChI=1S/C28H37NO4/c1-3-4-9-19(2)23(30)15-14-21-24(31)18-25-27(21)22-12-7-10-20(28(22)33-25)11-8-13-26(32)29-16-5-6-17-29/h7,10,12,14-15,19,21,23-25,27,30-31H,5-6,8-9,11,13,16-18H2,1-2H3/b15-14+/t19-,21+,23-,24-,25+,27+/m1/s1. The van der Waals surface area contributed by atoms with Crippen molar-refractivity contribution in [3.05, 3.63) is 41.5 Å². The van der Waals surface area contributed by atoms with Crippen LogP contribution in [0.15, 0.2) is 30.4 Å². The molecule has 0 aromatic heterocycles. The zero-order valence-electron chi connectivity index (χ0n) is 19.9. The average molecular weight is 452 g/mol. The summed E-state index contributed by atoms with van der Waals surface area (Å²) in [5.41, 5.74) is 2.30. The molecule has 1 saturated carbocycles. The smallest absolute Gasteiger partial charge is 0.222 e. The van der Waals surface area contributed by atoms with Crippen LogP contribution in [0.3, 0.4) is 0 Å². The van der Waals surface area contributed by atoms with Crippen LogP contribution in [-0.2, 0) is 11.2 Å². The molecule has 6 atom stereocenters. The monoisotopic (exact) mass is 451 g/mol. The second-order valence-electron chi connectivity index (χ2n) is 9.82. The molecule has 5 nitrogen and oxygen atoms in total. The van der Waals surface area contributed by atoms with Crippen molar-refractivity contribution in [1.82, 2.24) is 4.90 Å². The van der Waals surface area contributed by atoms with Gasteiger partial charge < -0.3 is 19.8 Å². The third-order valence-corrected chi connectivity index (χ3v) is 7.50. The van der Waals surface area contributed by atoms with E-state index in [2.05, 4.69) is 30.0 Å². The summed E-state index contributed by atoms with van der Waals surface area (Å²) in [4.78, 5) is 14.4. The zero-order valence-corrected chi connectivity index (χ0v) is 19.9. The first kappa shape index (κ1) is 23.9. The van der Waals surface area contributed by atoms with Gasteiger partial charge in [0, 0.05) is 49.8 Å². The number of hydrogen-bond donors (Lipinski definition) is 2. The first-order chi connectivity index (χ1) is 16.0. The van der Waals surface area contributed by atoms with E-state index in [1.165, 1.54) is 0 Å². The van der Waals surface area contributed by atoms with E-state index < -0.39 is 12.2 Å². The van der Waals surface area contributed by atoms with E-state index in [4.69, 9.17) is 4.74 Å². The molecule has 1 amide bonds. The minimum absolute atomic E-state index is 0.0439. The number of likely N-dealkylation sites (tertiary alicyclic amines) is 1. The summed E-state index contributed by atoms with van der Waals surface area (Å²) in [7, 11) is 0. The Morgan fingerprint density at radius 2 is 2.12 bits per heavy atom. The molecule has 2 fully saturated rings. The topological polar surface area (TPSA) is 70.0 Å². The van der Waals surface area contributed by atoms with Crippen molar-refractivity contribution in [3.8, 4) is 17.6 Å². The summed E-state index contributed by atoms with van der Waals surface area (Å²) < 4.78 is 6.36. The quantitative estimate of drug-likeness (QED) is 0.466. The summed E-state index contributed by atoms with van der Waals surface area (Å²) in [5.74, 6) is 7.17. The summed E-state index contributed by atoms with van der Waals surface area (Å²) in [6.45, 7) is 5.61. The van der Waals surface area contributed by atoms with Crippen LogP contribution in [0.1, 0.15) is 69.4 Å². The lowest BCUT2D eigenvalue weighted by molar-refractivity contribution is -0.130. The Kier molecular flexibility index (Phi) is 7.78. The highest BCUT2D eigenvalue weighted by atomic mass is 16.5. The summed E-state index contributed by atoms with van der Waals surface area (Å²) in [5, 5.41) is 21.2.